The van der Waals surface area contributed by atoms with Crippen molar-refractivity contribution >= 4 is 28.1 Å². The SMILES string of the molecule is Oc1c2ccccc2c(O)n1-c1ccc2c(c1)=NC(=S)N=2. The van der Waals surface area contributed by atoms with Crippen LogP contribution in [0.1, 0.15) is 0 Å². The van der Waals surface area contributed by atoms with Gasteiger partial charge in [-0.3, -0.25) is 4.57 Å². The highest BCUT2D eigenvalue weighted by atomic mass is 32.1. The lowest BCUT2D eigenvalue weighted by molar-refractivity contribution is 0.406. The van der Waals surface area contributed by atoms with Crippen LogP contribution in [-0.4, -0.2) is 19.9 Å². The van der Waals surface area contributed by atoms with Crippen molar-refractivity contribution in [3.8, 4) is 17.4 Å². The number of benzene rings is 2. The summed E-state index contributed by atoms with van der Waals surface area (Å²) >= 11 is 4.95. The third-order valence-corrected chi connectivity index (χ3v) is 3.66. The summed E-state index contributed by atoms with van der Waals surface area (Å²) in [7, 11) is 0. The molecule has 0 fully saturated rings. The Balaban J connectivity index is 2.05. The summed E-state index contributed by atoms with van der Waals surface area (Å²) in [6.07, 6.45) is 0. The fourth-order valence-corrected chi connectivity index (χ4v) is 2.72. The summed E-state index contributed by atoms with van der Waals surface area (Å²) in [6.45, 7) is 0. The van der Waals surface area contributed by atoms with Gasteiger partial charge in [-0.25, -0.2) is 9.98 Å². The number of hydrogen-bond donors (Lipinski definition) is 2. The van der Waals surface area contributed by atoms with E-state index in [1.807, 2.05) is 0 Å². The van der Waals surface area contributed by atoms with Gasteiger partial charge in [0.15, 0.2) is 0 Å². The molecule has 102 valence electrons. The van der Waals surface area contributed by atoms with Crippen LogP contribution < -0.4 is 10.7 Å². The van der Waals surface area contributed by atoms with Crippen LogP contribution in [0.3, 0.4) is 0 Å². The fourth-order valence-electron chi connectivity index (χ4n) is 2.52. The van der Waals surface area contributed by atoms with Gasteiger partial charge >= 0.3 is 0 Å². The molecule has 0 aliphatic carbocycles. The molecule has 0 spiro atoms. The predicted octanol–water partition coefficient (Wildman–Crippen LogP) is 1.58. The average molecular weight is 295 g/mol. The molecule has 0 saturated heterocycles. The number of thiocarbonyl (C=S) groups is 1. The molecule has 1 aromatic heterocycles. The summed E-state index contributed by atoms with van der Waals surface area (Å²) in [5, 5.41) is 23.5. The Hall–Kier alpha value is -2.73. The van der Waals surface area contributed by atoms with E-state index >= 15 is 0 Å². The first kappa shape index (κ1) is 12.0. The molecule has 2 aromatic carbocycles. The first-order valence-electron chi connectivity index (χ1n) is 6.28. The zero-order valence-electron chi connectivity index (χ0n) is 10.7. The third-order valence-electron chi connectivity index (χ3n) is 3.48. The molecule has 1 aliphatic rings. The Kier molecular flexibility index (Phi) is 2.37. The van der Waals surface area contributed by atoms with Crippen molar-refractivity contribution in [2.75, 3.05) is 0 Å². The highest BCUT2D eigenvalue weighted by Gasteiger charge is 2.17. The van der Waals surface area contributed by atoms with Crippen LogP contribution in [0.5, 0.6) is 11.8 Å². The van der Waals surface area contributed by atoms with Gasteiger partial charge in [-0.2, -0.15) is 0 Å². The lowest BCUT2D eigenvalue weighted by Crippen LogP contribution is -2.21. The Morgan fingerprint density at radius 3 is 2.14 bits per heavy atom. The van der Waals surface area contributed by atoms with Crippen LogP contribution in [0.4, 0.5) is 0 Å². The summed E-state index contributed by atoms with van der Waals surface area (Å²) in [5.74, 6) is -0.0267. The van der Waals surface area contributed by atoms with E-state index in [4.69, 9.17) is 12.2 Å². The largest absolute Gasteiger partial charge is 0.494 e. The quantitative estimate of drug-likeness (QED) is 0.670. The smallest absolute Gasteiger partial charge is 0.220 e. The van der Waals surface area contributed by atoms with Crippen molar-refractivity contribution in [2.24, 2.45) is 9.98 Å². The van der Waals surface area contributed by atoms with Crippen molar-refractivity contribution in [3.05, 3.63) is 53.2 Å². The maximum absolute atomic E-state index is 10.3. The van der Waals surface area contributed by atoms with Gasteiger partial charge in [-0.15, -0.1) is 0 Å². The van der Waals surface area contributed by atoms with Gasteiger partial charge in [0.05, 0.1) is 16.4 Å². The zero-order chi connectivity index (χ0) is 14.6. The Morgan fingerprint density at radius 2 is 1.48 bits per heavy atom. The molecule has 5 nitrogen and oxygen atoms in total. The van der Waals surface area contributed by atoms with E-state index in [-0.39, 0.29) is 16.9 Å². The van der Waals surface area contributed by atoms with E-state index in [1.165, 1.54) is 4.57 Å². The van der Waals surface area contributed by atoms with Crippen molar-refractivity contribution in [2.45, 2.75) is 0 Å². The number of aromatic hydroxyl groups is 2. The predicted molar refractivity (Wildman–Crippen MR) is 81.5 cm³/mol. The molecule has 0 bridgehead atoms. The molecule has 0 amide bonds. The van der Waals surface area contributed by atoms with Crippen LogP contribution in [0, 0.1) is 0 Å². The molecule has 0 radical (unpaired) electrons. The van der Waals surface area contributed by atoms with E-state index in [0.29, 0.717) is 27.2 Å². The minimum atomic E-state index is -0.0134. The number of hydrogen-bond acceptors (Lipinski definition) is 3. The minimum Gasteiger partial charge on any atom is -0.494 e. The minimum absolute atomic E-state index is 0.0134. The second-order valence-electron chi connectivity index (χ2n) is 4.71. The number of aromatic nitrogens is 1. The fraction of sp³-hybridized carbons (Fsp3) is 0. The van der Waals surface area contributed by atoms with Crippen LogP contribution >= 0.6 is 12.2 Å². The molecule has 21 heavy (non-hydrogen) atoms. The van der Waals surface area contributed by atoms with Gasteiger partial charge < -0.3 is 10.2 Å². The third kappa shape index (κ3) is 1.66. The van der Waals surface area contributed by atoms with Crippen LogP contribution in [-0.2, 0) is 0 Å². The van der Waals surface area contributed by atoms with Crippen LogP contribution in [0.15, 0.2) is 52.4 Å². The highest BCUT2D eigenvalue weighted by Crippen LogP contribution is 2.37. The zero-order valence-corrected chi connectivity index (χ0v) is 11.5. The lowest BCUT2D eigenvalue weighted by Gasteiger charge is -2.05. The van der Waals surface area contributed by atoms with Gasteiger partial charge in [0, 0.05) is 10.8 Å². The number of nitrogens with zero attached hydrogens (tertiary/aromatic N) is 3. The maximum atomic E-state index is 10.3. The molecular weight excluding hydrogens is 286 g/mol. The second kappa shape index (κ2) is 4.13. The number of rotatable bonds is 1. The molecule has 2 heterocycles. The van der Waals surface area contributed by atoms with Crippen molar-refractivity contribution in [3.63, 3.8) is 0 Å². The molecule has 0 unspecified atom stereocenters. The normalized spacial score (nSPS) is 13.0. The van der Waals surface area contributed by atoms with E-state index in [1.54, 1.807) is 42.5 Å². The molecule has 2 N–H and O–H groups in total. The molecule has 3 aromatic rings. The van der Waals surface area contributed by atoms with Crippen molar-refractivity contribution in [1.82, 2.24) is 4.57 Å². The Bertz CT molecular complexity index is 998. The van der Waals surface area contributed by atoms with Gasteiger partial charge in [0.1, 0.15) is 0 Å². The monoisotopic (exact) mass is 295 g/mol. The van der Waals surface area contributed by atoms with Gasteiger partial charge in [-0.1, -0.05) is 12.1 Å². The van der Waals surface area contributed by atoms with E-state index < -0.39 is 0 Å². The van der Waals surface area contributed by atoms with Gasteiger partial charge in [-0.05, 0) is 42.5 Å². The summed E-state index contributed by atoms with van der Waals surface area (Å²) in [5.41, 5.74) is 0.601. The summed E-state index contributed by atoms with van der Waals surface area (Å²) in [6, 6.07) is 12.4. The summed E-state index contributed by atoms with van der Waals surface area (Å²) < 4.78 is 1.38. The van der Waals surface area contributed by atoms with Crippen molar-refractivity contribution < 1.29 is 10.2 Å². The van der Waals surface area contributed by atoms with Gasteiger partial charge in [0.25, 0.3) is 0 Å². The molecular formula is C15H9N3O2S. The Morgan fingerprint density at radius 1 is 0.857 bits per heavy atom. The molecule has 0 atom stereocenters. The topological polar surface area (TPSA) is 70.1 Å². The summed E-state index contributed by atoms with van der Waals surface area (Å²) in [4.78, 5) is 8.24. The number of fused-ring (bicyclic) bond motifs is 2. The molecule has 4 rings (SSSR count). The average Bonchev–Trinajstić information content (AvgIpc) is 2.97. The van der Waals surface area contributed by atoms with Crippen LogP contribution in [0.2, 0.25) is 0 Å². The van der Waals surface area contributed by atoms with Crippen LogP contribution in [0.25, 0.3) is 16.5 Å². The highest BCUT2D eigenvalue weighted by molar-refractivity contribution is 7.80. The molecule has 0 saturated carbocycles. The molecule has 1 aliphatic heterocycles. The van der Waals surface area contributed by atoms with E-state index in [0.717, 1.165) is 0 Å². The van der Waals surface area contributed by atoms with Gasteiger partial charge in [0.2, 0.25) is 16.9 Å². The first-order chi connectivity index (χ1) is 10.1. The first-order valence-corrected chi connectivity index (χ1v) is 6.69. The maximum Gasteiger partial charge on any atom is 0.220 e. The second-order valence-corrected chi connectivity index (χ2v) is 5.07. The van der Waals surface area contributed by atoms with Crippen molar-refractivity contribution in [1.29, 1.82) is 0 Å². The molecule has 6 heteroatoms. The standard InChI is InChI=1S/C15H9N3O2S/c19-13-9-3-1-2-4-10(9)14(20)18(13)8-5-6-11-12(7-8)17-15(21)16-11/h1-7,19-20H. The van der Waals surface area contributed by atoms with E-state index in [2.05, 4.69) is 9.98 Å². The van der Waals surface area contributed by atoms with E-state index in [9.17, 15) is 10.2 Å². The Labute approximate surface area is 124 Å². The lowest BCUT2D eigenvalue weighted by atomic mass is 10.2.